The summed E-state index contributed by atoms with van der Waals surface area (Å²) in [7, 11) is 0. The van der Waals surface area contributed by atoms with Crippen molar-refractivity contribution in [1.82, 2.24) is 4.90 Å². The van der Waals surface area contributed by atoms with E-state index in [1.807, 2.05) is 11.0 Å². The van der Waals surface area contributed by atoms with Crippen LogP contribution in [0.1, 0.15) is 23.2 Å². The summed E-state index contributed by atoms with van der Waals surface area (Å²) in [5.41, 5.74) is 4.48. The molecule has 5 rings (SSSR count). The number of carbonyl (C=O) groups is 1. The Morgan fingerprint density at radius 3 is 2.23 bits per heavy atom. The zero-order chi connectivity index (χ0) is 20.6. The van der Waals surface area contributed by atoms with Crippen LogP contribution in [-0.4, -0.2) is 37.0 Å². The first-order chi connectivity index (χ1) is 14.6. The maximum absolute atomic E-state index is 13.4. The van der Waals surface area contributed by atoms with E-state index in [9.17, 15) is 9.18 Å². The minimum Gasteiger partial charge on any atom is -0.370 e. The van der Waals surface area contributed by atoms with Gasteiger partial charge in [0.15, 0.2) is 0 Å². The van der Waals surface area contributed by atoms with Gasteiger partial charge in [0.25, 0.3) is 5.91 Å². The number of rotatable bonds is 3. The Bertz CT molecular complexity index is 1050. The maximum atomic E-state index is 13.4. The zero-order valence-electron chi connectivity index (χ0n) is 16.9. The number of likely N-dealkylation sites (tertiary alicyclic amines) is 1. The number of carbonyl (C=O) groups excluding carboxylic acids is 1. The van der Waals surface area contributed by atoms with E-state index in [1.54, 1.807) is 12.1 Å². The Morgan fingerprint density at radius 2 is 1.50 bits per heavy atom. The minimum absolute atomic E-state index is 0.0592. The summed E-state index contributed by atoms with van der Waals surface area (Å²) >= 11 is 0. The Labute approximate surface area is 176 Å². The molecular formula is C26H25FN2O. The van der Waals surface area contributed by atoms with E-state index in [1.165, 1.54) is 28.9 Å². The van der Waals surface area contributed by atoms with Gasteiger partial charge in [-0.25, -0.2) is 4.39 Å². The van der Waals surface area contributed by atoms with Crippen molar-refractivity contribution in [3.63, 3.8) is 0 Å². The fraction of sp³-hybridized carbons (Fsp3) is 0.269. The lowest BCUT2D eigenvalue weighted by Crippen LogP contribution is -2.61. The van der Waals surface area contributed by atoms with Crippen LogP contribution < -0.4 is 4.90 Å². The van der Waals surface area contributed by atoms with Crippen molar-refractivity contribution >= 4 is 11.6 Å². The molecule has 3 aromatic carbocycles. The molecule has 1 amide bonds. The SMILES string of the molecule is O=C(c1cccc(F)c1)N1CCC2(CC1)CN(c1cccc(-c3ccccc3)c1)C2. The van der Waals surface area contributed by atoms with Gasteiger partial charge in [-0.3, -0.25) is 4.79 Å². The van der Waals surface area contributed by atoms with Crippen LogP contribution in [0.3, 0.4) is 0 Å². The summed E-state index contributed by atoms with van der Waals surface area (Å²) < 4.78 is 13.4. The second kappa shape index (κ2) is 7.60. The normalized spacial score (nSPS) is 17.6. The summed E-state index contributed by atoms with van der Waals surface area (Å²) in [6.07, 6.45) is 2.01. The smallest absolute Gasteiger partial charge is 0.253 e. The van der Waals surface area contributed by atoms with Crippen molar-refractivity contribution < 1.29 is 9.18 Å². The van der Waals surface area contributed by atoms with E-state index in [-0.39, 0.29) is 11.7 Å². The molecule has 0 aliphatic carbocycles. The molecule has 1 spiro atoms. The highest BCUT2D eigenvalue weighted by molar-refractivity contribution is 5.94. The Morgan fingerprint density at radius 1 is 0.800 bits per heavy atom. The number of hydrogen-bond donors (Lipinski definition) is 0. The van der Waals surface area contributed by atoms with Gasteiger partial charge in [0.2, 0.25) is 0 Å². The second-order valence-corrected chi connectivity index (χ2v) is 8.57. The van der Waals surface area contributed by atoms with Crippen LogP contribution in [0.2, 0.25) is 0 Å². The molecule has 2 heterocycles. The number of piperidine rings is 1. The Hall–Kier alpha value is -3.14. The second-order valence-electron chi connectivity index (χ2n) is 8.57. The minimum atomic E-state index is -0.360. The molecule has 2 aliphatic heterocycles. The van der Waals surface area contributed by atoms with Crippen LogP contribution in [0.4, 0.5) is 10.1 Å². The highest BCUT2D eigenvalue weighted by Crippen LogP contribution is 2.43. The third-order valence-corrected chi connectivity index (χ3v) is 6.55. The molecule has 3 aromatic rings. The molecule has 0 radical (unpaired) electrons. The Kier molecular flexibility index (Phi) is 4.78. The summed E-state index contributed by atoms with van der Waals surface area (Å²) in [6, 6.07) is 25.2. The number of nitrogens with zero attached hydrogens (tertiary/aromatic N) is 2. The molecule has 0 aromatic heterocycles. The van der Waals surface area contributed by atoms with E-state index in [0.29, 0.717) is 11.0 Å². The van der Waals surface area contributed by atoms with E-state index in [2.05, 4.69) is 53.4 Å². The lowest BCUT2D eigenvalue weighted by atomic mass is 9.71. The first kappa shape index (κ1) is 18.9. The fourth-order valence-corrected chi connectivity index (χ4v) is 4.76. The maximum Gasteiger partial charge on any atom is 0.253 e. The van der Waals surface area contributed by atoms with Crippen molar-refractivity contribution in [3.05, 3.63) is 90.2 Å². The molecule has 4 heteroatoms. The average molecular weight is 400 g/mol. The quantitative estimate of drug-likeness (QED) is 0.601. The van der Waals surface area contributed by atoms with E-state index >= 15 is 0 Å². The van der Waals surface area contributed by atoms with Gasteiger partial charge < -0.3 is 9.80 Å². The predicted octanol–water partition coefficient (Wildman–Crippen LogP) is 5.24. The molecule has 0 atom stereocenters. The van der Waals surface area contributed by atoms with E-state index < -0.39 is 0 Å². The van der Waals surface area contributed by atoms with Crippen LogP contribution in [0.25, 0.3) is 11.1 Å². The van der Waals surface area contributed by atoms with Crippen molar-refractivity contribution in [3.8, 4) is 11.1 Å². The lowest BCUT2D eigenvalue weighted by molar-refractivity contribution is 0.0502. The van der Waals surface area contributed by atoms with Crippen molar-refractivity contribution in [2.75, 3.05) is 31.1 Å². The van der Waals surface area contributed by atoms with Crippen LogP contribution in [-0.2, 0) is 0 Å². The molecule has 0 saturated carbocycles. The van der Waals surface area contributed by atoms with Gasteiger partial charge in [0.1, 0.15) is 5.82 Å². The molecule has 2 saturated heterocycles. The molecule has 152 valence electrons. The van der Waals surface area contributed by atoms with Gasteiger partial charge in [-0.05, 0) is 54.3 Å². The number of hydrogen-bond acceptors (Lipinski definition) is 2. The topological polar surface area (TPSA) is 23.6 Å². The van der Waals surface area contributed by atoms with E-state index in [0.717, 1.165) is 39.0 Å². The molecule has 30 heavy (non-hydrogen) atoms. The summed E-state index contributed by atoms with van der Waals surface area (Å²) in [5.74, 6) is -0.419. The largest absolute Gasteiger partial charge is 0.370 e. The van der Waals surface area contributed by atoms with Crippen molar-refractivity contribution in [2.24, 2.45) is 5.41 Å². The summed E-state index contributed by atoms with van der Waals surface area (Å²) in [6.45, 7) is 3.56. The first-order valence-corrected chi connectivity index (χ1v) is 10.6. The molecule has 2 aliphatic rings. The molecular weight excluding hydrogens is 375 g/mol. The third-order valence-electron chi connectivity index (χ3n) is 6.55. The van der Waals surface area contributed by atoms with Gasteiger partial charge in [-0.15, -0.1) is 0 Å². The van der Waals surface area contributed by atoms with Crippen LogP contribution in [0, 0.1) is 11.2 Å². The van der Waals surface area contributed by atoms with Gasteiger partial charge in [0.05, 0.1) is 0 Å². The monoisotopic (exact) mass is 400 g/mol. The highest BCUT2D eigenvalue weighted by Gasteiger charge is 2.45. The van der Waals surface area contributed by atoms with Crippen LogP contribution in [0.5, 0.6) is 0 Å². The predicted molar refractivity (Wildman–Crippen MR) is 118 cm³/mol. The van der Waals surface area contributed by atoms with Crippen molar-refractivity contribution in [2.45, 2.75) is 12.8 Å². The lowest BCUT2D eigenvalue weighted by Gasteiger charge is -2.55. The van der Waals surface area contributed by atoms with Gasteiger partial charge >= 0.3 is 0 Å². The Balaban J connectivity index is 1.21. The summed E-state index contributed by atoms with van der Waals surface area (Å²) in [4.78, 5) is 17.0. The number of amides is 1. The highest BCUT2D eigenvalue weighted by atomic mass is 19.1. The molecule has 0 bridgehead atoms. The third kappa shape index (κ3) is 3.58. The van der Waals surface area contributed by atoms with E-state index in [4.69, 9.17) is 0 Å². The zero-order valence-corrected chi connectivity index (χ0v) is 16.9. The average Bonchev–Trinajstić information content (AvgIpc) is 2.78. The summed E-state index contributed by atoms with van der Waals surface area (Å²) in [5, 5.41) is 0. The van der Waals surface area contributed by atoms with Crippen LogP contribution in [0.15, 0.2) is 78.9 Å². The van der Waals surface area contributed by atoms with Gasteiger partial charge in [-0.2, -0.15) is 0 Å². The number of halogens is 1. The molecule has 2 fully saturated rings. The van der Waals surface area contributed by atoms with Gasteiger partial charge in [0, 0.05) is 42.8 Å². The standard InChI is InChI=1S/C26H25FN2O/c27-23-10-4-9-22(16-23)25(30)28-14-12-26(13-15-28)18-29(19-26)24-11-5-8-21(17-24)20-6-2-1-3-7-20/h1-11,16-17H,12-15,18-19H2. The molecule has 0 unspecified atom stereocenters. The van der Waals surface area contributed by atoms with Crippen molar-refractivity contribution in [1.29, 1.82) is 0 Å². The first-order valence-electron chi connectivity index (χ1n) is 10.6. The molecule has 3 nitrogen and oxygen atoms in total. The fourth-order valence-electron chi connectivity index (χ4n) is 4.76. The molecule has 0 N–H and O–H groups in total. The number of benzene rings is 3. The van der Waals surface area contributed by atoms with Gasteiger partial charge in [-0.1, -0.05) is 48.5 Å². The van der Waals surface area contributed by atoms with Crippen LogP contribution >= 0.6 is 0 Å². The number of anilines is 1.